The summed E-state index contributed by atoms with van der Waals surface area (Å²) in [5.74, 6) is 0.283. The molecule has 1 heterocycles. The van der Waals surface area contributed by atoms with Crippen LogP contribution < -0.4 is 0 Å². The molecule has 0 radical (unpaired) electrons. The van der Waals surface area contributed by atoms with Crippen molar-refractivity contribution in [2.45, 2.75) is 51.8 Å². The molecule has 1 N–H and O–H groups in total. The van der Waals surface area contributed by atoms with Crippen molar-refractivity contribution in [1.82, 2.24) is 4.98 Å². The Bertz CT molecular complexity index is 469. The molecule has 1 aromatic rings. The number of hydrogen-bond donors (Lipinski definition) is 1. The molecule has 0 spiro atoms. The largest absolute Gasteiger partial charge is 0.443 e. The number of nitrogens with zero attached hydrogens (tertiary/aromatic N) is 1. The van der Waals surface area contributed by atoms with Crippen LogP contribution in [0.4, 0.5) is 13.2 Å². The minimum absolute atomic E-state index is 0.0746. The summed E-state index contributed by atoms with van der Waals surface area (Å²) in [6, 6.07) is 0. The van der Waals surface area contributed by atoms with Crippen LogP contribution in [0.3, 0.4) is 0 Å². The topological polar surface area (TPSA) is 33.1 Å². The number of hydrogen-bond acceptors (Lipinski definition) is 3. The van der Waals surface area contributed by atoms with E-state index in [4.69, 9.17) is 0 Å². The number of alkyl halides is 3. The van der Waals surface area contributed by atoms with E-state index in [-0.39, 0.29) is 11.3 Å². The Morgan fingerprint density at radius 3 is 2.47 bits per heavy atom. The van der Waals surface area contributed by atoms with Crippen LogP contribution in [-0.4, -0.2) is 10.1 Å². The first-order valence-corrected chi connectivity index (χ1v) is 7.09. The Kier molecular flexibility index (Phi) is 3.46. The average molecular weight is 293 g/mol. The Morgan fingerprint density at radius 2 is 2.00 bits per heavy atom. The Hall–Kier alpha value is -0.620. The molecule has 0 amide bonds. The van der Waals surface area contributed by atoms with Crippen LogP contribution in [0.5, 0.6) is 0 Å². The fourth-order valence-electron chi connectivity index (χ4n) is 3.34. The van der Waals surface area contributed by atoms with Crippen LogP contribution in [0, 0.1) is 11.3 Å². The lowest BCUT2D eigenvalue weighted by Crippen LogP contribution is -2.39. The van der Waals surface area contributed by atoms with Crippen LogP contribution >= 0.6 is 11.3 Å². The molecule has 6 heteroatoms. The maximum Gasteiger partial charge on any atom is 0.443 e. The molecule has 0 aromatic carbocycles. The predicted molar refractivity (Wildman–Crippen MR) is 67.8 cm³/mol. The molecule has 1 aliphatic carbocycles. The zero-order valence-corrected chi connectivity index (χ0v) is 12.0. The molecule has 2 rings (SSSR count). The van der Waals surface area contributed by atoms with Crippen LogP contribution in [0.25, 0.3) is 0 Å². The second kappa shape index (κ2) is 4.45. The summed E-state index contributed by atoms with van der Waals surface area (Å²) in [5, 5.41) is 9.85. The number of rotatable bonds is 1. The van der Waals surface area contributed by atoms with Gasteiger partial charge in [0.25, 0.3) is 0 Å². The molecule has 2 unspecified atom stereocenters. The van der Waals surface area contributed by atoms with Crippen molar-refractivity contribution in [1.29, 1.82) is 0 Å². The maximum atomic E-state index is 12.6. The quantitative estimate of drug-likeness (QED) is 0.842. The van der Waals surface area contributed by atoms with Crippen molar-refractivity contribution in [3.63, 3.8) is 0 Å². The minimum Gasteiger partial charge on any atom is -0.384 e. The van der Waals surface area contributed by atoms with Gasteiger partial charge in [-0.2, -0.15) is 13.2 Å². The van der Waals surface area contributed by atoms with Gasteiger partial charge >= 0.3 is 6.18 Å². The standard InChI is InChI=1S/C13H18F3NOS/c1-8-4-11(2,3)7-12(18,5-8)9-6-17-10(19-9)13(14,15)16/h6,8,18H,4-5,7H2,1-3H3. The molecule has 1 saturated carbocycles. The Balaban J connectivity index is 2.31. The molecular weight excluding hydrogens is 275 g/mol. The average Bonchev–Trinajstić information content (AvgIpc) is 2.60. The maximum absolute atomic E-state index is 12.6. The lowest BCUT2D eigenvalue weighted by Gasteiger charge is -2.44. The van der Waals surface area contributed by atoms with Gasteiger partial charge in [0.2, 0.25) is 0 Å². The molecule has 0 aliphatic heterocycles. The fourth-order valence-corrected chi connectivity index (χ4v) is 4.22. The van der Waals surface area contributed by atoms with E-state index >= 15 is 0 Å². The SMILES string of the molecule is CC1CC(C)(C)CC(O)(c2cnc(C(F)(F)F)s2)C1. The lowest BCUT2D eigenvalue weighted by molar-refractivity contribution is -0.137. The second-order valence-electron chi connectivity index (χ2n) is 6.41. The van der Waals surface area contributed by atoms with E-state index in [1.54, 1.807) is 0 Å². The fraction of sp³-hybridized carbons (Fsp3) is 0.769. The first-order chi connectivity index (χ1) is 8.52. The summed E-state index contributed by atoms with van der Waals surface area (Å²) in [6.45, 7) is 6.11. The van der Waals surface area contributed by atoms with Crippen molar-refractivity contribution >= 4 is 11.3 Å². The van der Waals surface area contributed by atoms with Gasteiger partial charge in [0.1, 0.15) is 5.60 Å². The summed E-state index contributed by atoms with van der Waals surface area (Å²) in [7, 11) is 0. The predicted octanol–water partition coefficient (Wildman–Crippen LogP) is 4.20. The molecule has 1 aliphatic rings. The summed E-state index contributed by atoms with van der Waals surface area (Å²) < 4.78 is 37.8. The van der Waals surface area contributed by atoms with Crippen molar-refractivity contribution < 1.29 is 18.3 Å². The van der Waals surface area contributed by atoms with E-state index in [0.29, 0.717) is 29.1 Å². The third kappa shape index (κ3) is 3.11. The Morgan fingerprint density at radius 1 is 1.37 bits per heavy atom. The normalized spacial score (nSPS) is 31.4. The minimum atomic E-state index is -4.44. The van der Waals surface area contributed by atoms with Gasteiger partial charge < -0.3 is 5.11 Å². The van der Waals surface area contributed by atoms with Crippen LogP contribution in [0.2, 0.25) is 0 Å². The molecule has 1 fully saturated rings. The van der Waals surface area contributed by atoms with Gasteiger partial charge in [-0.15, -0.1) is 11.3 Å². The zero-order chi connectivity index (χ0) is 14.5. The van der Waals surface area contributed by atoms with E-state index in [1.165, 1.54) is 6.20 Å². The van der Waals surface area contributed by atoms with Crippen molar-refractivity contribution in [3.8, 4) is 0 Å². The van der Waals surface area contributed by atoms with Gasteiger partial charge in [-0.3, -0.25) is 0 Å². The number of aliphatic hydroxyl groups is 1. The highest BCUT2D eigenvalue weighted by molar-refractivity contribution is 7.11. The smallest absolute Gasteiger partial charge is 0.384 e. The first kappa shape index (κ1) is 14.8. The van der Waals surface area contributed by atoms with E-state index in [2.05, 4.69) is 4.98 Å². The summed E-state index contributed by atoms with van der Waals surface area (Å²) >= 11 is 0.562. The van der Waals surface area contributed by atoms with Crippen molar-refractivity contribution in [2.75, 3.05) is 0 Å². The summed E-state index contributed by atoms with van der Waals surface area (Å²) in [6.07, 6.45) is -1.31. The van der Waals surface area contributed by atoms with Gasteiger partial charge in [0.15, 0.2) is 5.01 Å². The van der Waals surface area contributed by atoms with E-state index in [1.807, 2.05) is 20.8 Å². The molecule has 1 aromatic heterocycles. The van der Waals surface area contributed by atoms with Gasteiger partial charge in [-0.25, -0.2) is 4.98 Å². The second-order valence-corrected chi connectivity index (χ2v) is 7.44. The first-order valence-electron chi connectivity index (χ1n) is 6.28. The van der Waals surface area contributed by atoms with Crippen LogP contribution in [0.1, 0.15) is 49.9 Å². The molecular formula is C13H18F3NOS. The van der Waals surface area contributed by atoms with E-state index in [9.17, 15) is 18.3 Å². The molecule has 19 heavy (non-hydrogen) atoms. The molecule has 108 valence electrons. The molecule has 2 nitrogen and oxygen atoms in total. The van der Waals surface area contributed by atoms with E-state index in [0.717, 1.165) is 6.42 Å². The van der Waals surface area contributed by atoms with Crippen LogP contribution in [0.15, 0.2) is 6.20 Å². The number of halogens is 3. The third-order valence-corrected chi connectivity index (χ3v) is 4.80. The highest BCUT2D eigenvalue weighted by atomic mass is 32.1. The van der Waals surface area contributed by atoms with Crippen LogP contribution in [-0.2, 0) is 11.8 Å². The number of aromatic nitrogens is 1. The number of thiazole rings is 1. The zero-order valence-electron chi connectivity index (χ0n) is 11.2. The van der Waals surface area contributed by atoms with Gasteiger partial charge in [-0.05, 0) is 30.6 Å². The molecule has 2 atom stereocenters. The summed E-state index contributed by atoms with van der Waals surface area (Å²) in [5.41, 5.74) is -1.25. The van der Waals surface area contributed by atoms with Crippen molar-refractivity contribution in [2.24, 2.45) is 11.3 Å². The Labute approximate surface area is 114 Å². The molecule has 0 bridgehead atoms. The monoisotopic (exact) mass is 293 g/mol. The molecule has 0 saturated heterocycles. The van der Waals surface area contributed by atoms with Gasteiger partial charge in [0, 0.05) is 6.20 Å². The van der Waals surface area contributed by atoms with E-state index < -0.39 is 16.8 Å². The highest BCUT2D eigenvalue weighted by Crippen LogP contribution is 2.50. The lowest BCUT2D eigenvalue weighted by atomic mass is 9.65. The van der Waals surface area contributed by atoms with Gasteiger partial charge in [0.05, 0.1) is 4.88 Å². The van der Waals surface area contributed by atoms with Crippen molar-refractivity contribution in [3.05, 3.63) is 16.1 Å². The third-order valence-electron chi connectivity index (χ3n) is 3.57. The highest BCUT2D eigenvalue weighted by Gasteiger charge is 2.45. The van der Waals surface area contributed by atoms with Gasteiger partial charge in [-0.1, -0.05) is 20.8 Å². The summed E-state index contributed by atoms with van der Waals surface area (Å²) in [4.78, 5) is 3.75.